The number of methoxy groups -OCH3 is 1. The SMILES string of the molecule is COc1cc(/C=C2\SC(=S)N(C3CC(=O)N(c4ccccc4C(F)(F)F)C3=O)C2=O)ccc1OCc1ccc(C)cc1. The van der Waals surface area contributed by atoms with Crippen molar-refractivity contribution in [3.63, 3.8) is 0 Å². The van der Waals surface area contributed by atoms with E-state index < -0.39 is 47.6 Å². The largest absolute Gasteiger partial charge is 0.493 e. The summed E-state index contributed by atoms with van der Waals surface area (Å²) in [6.45, 7) is 2.32. The van der Waals surface area contributed by atoms with E-state index in [-0.39, 0.29) is 9.23 Å². The number of ether oxygens (including phenoxy) is 2. The minimum Gasteiger partial charge on any atom is -0.493 e. The van der Waals surface area contributed by atoms with Crippen molar-refractivity contribution in [1.82, 2.24) is 4.90 Å². The van der Waals surface area contributed by atoms with Crippen LogP contribution in [0.5, 0.6) is 11.5 Å². The maximum Gasteiger partial charge on any atom is 0.418 e. The second kappa shape index (κ2) is 11.6. The molecule has 2 heterocycles. The Hall–Kier alpha value is -4.16. The summed E-state index contributed by atoms with van der Waals surface area (Å²) in [5, 5.41) is 0. The van der Waals surface area contributed by atoms with Gasteiger partial charge in [-0.3, -0.25) is 19.3 Å². The third kappa shape index (κ3) is 5.77. The number of anilines is 1. The van der Waals surface area contributed by atoms with Crippen LogP contribution in [0, 0.1) is 6.92 Å². The summed E-state index contributed by atoms with van der Waals surface area (Å²) in [5.74, 6) is -1.50. The molecule has 42 heavy (non-hydrogen) atoms. The monoisotopic (exact) mass is 612 g/mol. The Bertz CT molecular complexity index is 1620. The molecule has 0 radical (unpaired) electrons. The Balaban J connectivity index is 1.35. The lowest BCUT2D eigenvalue weighted by Gasteiger charge is -2.23. The Labute approximate surface area is 248 Å². The smallest absolute Gasteiger partial charge is 0.418 e. The van der Waals surface area contributed by atoms with Gasteiger partial charge in [-0.1, -0.05) is 72.0 Å². The Kier molecular flexibility index (Phi) is 8.11. The number of rotatable bonds is 7. The molecule has 1 atom stereocenters. The maximum atomic E-state index is 13.6. The van der Waals surface area contributed by atoms with E-state index in [1.165, 1.54) is 19.2 Å². The molecule has 0 bridgehead atoms. The number of benzene rings is 3. The van der Waals surface area contributed by atoms with Gasteiger partial charge in [0, 0.05) is 0 Å². The molecule has 216 valence electrons. The van der Waals surface area contributed by atoms with E-state index in [1.807, 2.05) is 31.2 Å². The van der Waals surface area contributed by atoms with Crippen molar-refractivity contribution in [2.75, 3.05) is 12.0 Å². The second-order valence-electron chi connectivity index (χ2n) is 9.54. The van der Waals surface area contributed by atoms with Crippen molar-refractivity contribution in [1.29, 1.82) is 0 Å². The quantitative estimate of drug-likeness (QED) is 0.180. The van der Waals surface area contributed by atoms with Gasteiger partial charge in [-0.15, -0.1) is 0 Å². The van der Waals surface area contributed by atoms with E-state index in [2.05, 4.69) is 0 Å². The third-order valence-corrected chi connectivity index (χ3v) is 8.04. The van der Waals surface area contributed by atoms with Crippen molar-refractivity contribution in [2.24, 2.45) is 0 Å². The number of thiocarbonyl (C=S) groups is 1. The first-order chi connectivity index (χ1) is 20.0. The zero-order valence-corrected chi connectivity index (χ0v) is 23.9. The van der Waals surface area contributed by atoms with Crippen LogP contribution < -0.4 is 14.4 Å². The lowest BCUT2D eigenvalue weighted by atomic mass is 10.1. The Morgan fingerprint density at radius 3 is 2.43 bits per heavy atom. The molecule has 2 saturated heterocycles. The first-order valence-electron chi connectivity index (χ1n) is 12.6. The number of alkyl halides is 3. The first-order valence-corrected chi connectivity index (χ1v) is 13.9. The molecular formula is C30H23F3N2O5S2. The fourth-order valence-corrected chi connectivity index (χ4v) is 5.97. The van der Waals surface area contributed by atoms with Gasteiger partial charge in [0.05, 0.1) is 29.7 Å². The summed E-state index contributed by atoms with van der Waals surface area (Å²) in [7, 11) is 1.49. The van der Waals surface area contributed by atoms with Crippen LogP contribution in [0.25, 0.3) is 6.08 Å². The van der Waals surface area contributed by atoms with E-state index in [0.29, 0.717) is 28.6 Å². The van der Waals surface area contributed by atoms with E-state index >= 15 is 0 Å². The minimum absolute atomic E-state index is 0.0216. The minimum atomic E-state index is -4.79. The normalized spacial score (nSPS) is 18.4. The fourth-order valence-electron chi connectivity index (χ4n) is 4.62. The molecule has 0 spiro atoms. The predicted octanol–water partition coefficient (Wildman–Crippen LogP) is 6.13. The van der Waals surface area contributed by atoms with Gasteiger partial charge in [-0.25, -0.2) is 4.90 Å². The molecule has 2 fully saturated rings. The number of amides is 3. The number of nitrogens with zero attached hydrogens (tertiary/aromatic N) is 2. The highest BCUT2D eigenvalue weighted by Crippen LogP contribution is 2.41. The van der Waals surface area contributed by atoms with Crippen LogP contribution in [0.15, 0.2) is 71.6 Å². The standard InChI is InChI=1S/C30H23F3N2O5S2/c1-17-7-9-18(10-8-17)16-40-23-12-11-19(13-24(23)39-2)14-25-28(38)35(29(41)42-25)22-15-26(36)34(27(22)37)21-6-4-3-5-20(21)30(31,32)33/h3-14,22H,15-16H2,1-2H3/b25-14-. The molecule has 0 aliphatic carbocycles. The summed E-state index contributed by atoms with van der Waals surface area (Å²) in [4.78, 5) is 41.1. The molecule has 3 amide bonds. The van der Waals surface area contributed by atoms with Crippen LogP contribution >= 0.6 is 24.0 Å². The molecule has 2 aliphatic heterocycles. The molecule has 12 heteroatoms. The van der Waals surface area contributed by atoms with Gasteiger partial charge in [-0.05, 0) is 48.4 Å². The lowest BCUT2D eigenvalue weighted by Crippen LogP contribution is -2.44. The first kappa shape index (κ1) is 29.3. The number of halogens is 3. The highest BCUT2D eigenvalue weighted by molar-refractivity contribution is 8.26. The predicted molar refractivity (Wildman–Crippen MR) is 156 cm³/mol. The van der Waals surface area contributed by atoms with Crippen LogP contribution in [0.4, 0.5) is 18.9 Å². The summed E-state index contributed by atoms with van der Waals surface area (Å²) in [5.41, 5.74) is 0.998. The van der Waals surface area contributed by atoms with Gasteiger partial charge < -0.3 is 9.47 Å². The van der Waals surface area contributed by atoms with Crippen molar-refractivity contribution >= 4 is 57.8 Å². The highest BCUT2D eigenvalue weighted by Gasteiger charge is 2.50. The number of carbonyl (C=O) groups excluding carboxylic acids is 3. The molecule has 3 aromatic rings. The van der Waals surface area contributed by atoms with Crippen LogP contribution in [-0.4, -0.2) is 40.1 Å². The van der Waals surface area contributed by atoms with E-state index in [1.54, 1.807) is 24.3 Å². The van der Waals surface area contributed by atoms with Crippen molar-refractivity contribution in [3.8, 4) is 11.5 Å². The van der Waals surface area contributed by atoms with Crippen LogP contribution in [0.3, 0.4) is 0 Å². The molecule has 0 aromatic heterocycles. The summed E-state index contributed by atoms with van der Waals surface area (Å²) in [6, 6.07) is 16.0. The lowest BCUT2D eigenvalue weighted by molar-refractivity contribution is -0.137. The number of para-hydroxylation sites is 1. The average molecular weight is 613 g/mol. The average Bonchev–Trinajstić information content (AvgIpc) is 3.40. The van der Waals surface area contributed by atoms with Gasteiger partial charge >= 0.3 is 6.18 Å². The van der Waals surface area contributed by atoms with Gasteiger partial charge in [0.15, 0.2) is 11.5 Å². The van der Waals surface area contributed by atoms with Gasteiger partial charge in [0.2, 0.25) is 5.91 Å². The van der Waals surface area contributed by atoms with Crippen molar-refractivity contribution < 1.29 is 37.0 Å². The molecule has 0 saturated carbocycles. The zero-order chi connectivity index (χ0) is 30.2. The topological polar surface area (TPSA) is 76.2 Å². The zero-order valence-electron chi connectivity index (χ0n) is 22.3. The molecular weight excluding hydrogens is 589 g/mol. The number of thioether (sulfide) groups is 1. The van der Waals surface area contributed by atoms with E-state index in [4.69, 9.17) is 21.7 Å². The maximum absolute atomic E-state index is 13.6. The van der Waals surface area contributed by atoms with Crippen LogP contribution in [0.2, 0.25) is 0 Å². The second-order valence-corrected chi connectivity index (χ2v) is 11.2. The van der Waals surface area contributed by atoms with Gasteiger partial charge in [0.1, 0.15) is 17.0 Å². The summed E-state index contributed by atoms with van der Waals surface area (Å²) in [6.07, 6.45) is -3.72. The van der Waals surface area contributed by atoms with Crippen molar-refractivity contribution in [2.45, 2.75) is 32.2 Å². The molecule has 0 N–H and O–H groups in total. The van der Waals surface area contributed by atoms with Crippen LogP contribution in [0.1, 0.15) is 28.7 Å². The summed E-state index contributed by atoms with van der Waals surface area (Å²) >= 11 is 6.29. The number of carbonyl (C=O) groups is 3. The number of hydrogen-bond donors (Lipinski definition) is 0. The fraction of sp³-hybridized carbons (Fsp3) is 0.200. The van der Waals surface area contributed by atoms with Crippen LogP contribution in [-0.2, 0) is 27.2 Å². The summed E-state index contributed by atoms with van der Waals surface area (Å²) < 4.78 is 52.2. The van der Waals surface area contributed by atoms with E-state index in [9.17, 15) is 27.6 Å². The van der Waals surface area contributed by atoms with Gasteiger partial charge in [0.25, 0.3) is 11.8 Å². The Morgan fingerprint density at radius 2 is 1.74 bits per heavy atom. The highest BCUT2D eigenvalue weighted by atomic mass is 32.2. The Morgan fingerprint density at radius 1 is 1.02 bits per heavy atom. The van der Waals surface area contributed by atoms with Crippen molar-refractivity contribution in [3.05, 3.63) is 93.9 Å². The number of aryl methyl sites for hydroxylation is 1. The molecule has 3 aromatic carbocycles. The molecule has 2 aliphatic rings. The molecule has 7 nitrogen and oxygen atoms in total. The van der Waals surface area contributed by atoms with E-state index in [0.717, 1.165) is 39.9 Å². The van der Waals surface area contributed by atoms with Gasteiger partial charge in [-0.2, -0.15) is 13.2 Å². The third-order valence-electron chi connectivity index (χ3n) is 6.71. The number of imide groups is 1. The molecule has 1 unspecified atom stereocenters. The number of hydrogen-bond acceptors (Lipinski definition) is 7. The molecule has 5 rings (SSSR count).